The quantitative estimate of drug-likeness (QED) is 0.0664. The number of ketones is 1. The lowest BCUT2D eigenvalue weighted by molar-refractivity contribution is 0.103. The van der Waals surface area contributed by atoms with Gasteiger partial charge in [-0.15, -0.1) is 0 Å². The first-order chi connectivity index (χ1) is 68.7. The van der Waals surface area contributed by atoms with E-state index < -0.39 is 0 Å². The van der Waals surface area contributed by atoms with E-state index in [1.54, 1.807) is 0 Å². The number of carbonyl (C=O) groups excluding carboxylic acids is 1. The van der Waals surface area contributed by atoms with Crippen molar-refractivity contribution in [2.24, 2.45) is 0 Å². The highest BCUT2D eigenvalue weighted by atomic mass is 16.1. The highest BCUT2D eigenvalue weighted by molar-refractivity contribution is 6.09. The lowest BCUT2D eigenvalue weighted by Crippen LogP contribution is -2.13. The van der Waals surface area contributed by atoms with Crippen molar-refractivity contribution in [2.45, 2.75) is 90.0 Å². The summed E-state index contributed by atoms with van der Waals surface area (Å²) in [5.41, 5.74) is 41.2. The van der Waals surface area contributed by atoms with Crippen molar-refractivity contribution in [1.29, 1.82) is 0 Å². The van der Waals surface area contributed by atoms with Gasteiger partial charge in [-0.1, -0.05) is 308 Å². The molecule has 0 atom stereocenters. The molecule has 696 valence electrons. The summed E-state index contributed by atoms with van der Waals surface area (Å²) < 4.78 is 0. The molecule has 0 radical (unpaired) electrons. The molecule has 0 saturated carbocycles. The van der Waals surface area contributed by atoms with Crippen LogP contribution in [0.25, 0.3) is 11.1 Å². The van der Waals surface area contributed by atoms with Gasteiger partial charge in [-0.3, -0.25) is 4.79 Å². The number of nitrogens with zero attached hydrogens (tertiary/aromatic N) is 6. The van der Waals surface area contributed by atoms with E-state index in [9.17, 15) is 4.79 Å². The molecule has 0 aliphatic carbocycles. The first kappa shape index (κ1) is 98.4. The summed E-state index contributed by atoms with van der Waals surface area (Å²) in [5, 5.41) is 0. The van der Waals surface area contributed by atoms with Crippen LogP contribution in [0.1, 0.15) is 88.2 Å². The fourth-order valence-corrected chi connectivity index (χ4v) is 17.8. The molecule has 0 spiro atoms. The van der Waals surface area contributed by atoms with Crippen LogP contribution in [0.2, 0.25) is 0 Å². The SMILES string of the molecule is Cc1cc(N(c2ccccc2)c2ccccc2)cc(N(c2ccccc2)c2ccccc2)c1.Cc1ccc(N(c2cc(C)cc(C)c2)c2cc(C)cc(C)c2)cc1.Cc1cccc(-c2cccc(C(=O)c3ccccc3)c2)c1.Cc1cccc(N(c2cc(C)cc(C)c2)c2cc(C)cc(C)c2)c1.Cc1cccc(N(c2ccccc2)c2ccccc2)c1.c1ccc(N(c2ccccc2)c2ccccc2)cc1. The van der Waals surface area contributed by atoms with Crippen LogP contribution in [0.15, 0.2) is 516 Å². The molecule has 0 bridgehead atoms. The van der Waals surface area contributed by atoms with Crippen LogP contribution in [0.3, 0.4) is 0 Å². The van der Waals surface area contributed by atoms with Crippen molar-refractivity contribution >= 4 is 108 Å². The Kier molecular flexibility index (Phi) is 33.9. The van der Waals surface area contributed by atoms with Gasteiger partial charge >= 0.3 is 0 Å². The van der Waals surface area contributed by atoms with Crippen molar-refractivity contribution in [1.82, 2.24) is 0 Å². The van der Waals surface area contributed by atoms with E-state index in [1.807, 2.05) is 91.0 Å². The smallest absolute Gasteiger partial charge is 0.193 e. The van der Waals surface area contributed by atoms with Gasteiger partial charge in [0.2, 0.25) is 0 Å². The van der Waals surface area contributed by atoms with Crippen LogP contribution >= 0.6 is 0 Å². The summed E-state index contributed by atoms with van der Waals surface area (Å²) in [5.74, 6) is 0.0603. The topological polar surface area (TPSA) is 36.5 Å². The van der Waals surface area contributed by atoms with Gasteiger partial charge in [-0.2, -0.15) is 0 Å². The highest BCUT2D eigenvalue weighted by Gasteiger charge is 2.22. The van der Waals surface area contributed by atoms with Crippen molar-refractivity contribution in [3.05, 3.63) is 599 Å². The largest absolute Gasteiger partial charge is 0.311 e. The van der Waals surface area contributed by atoms with Crippen LogP contribution in [0.5, 0.6) is 0 Å². The Morgan fingerprint density at radius 1 is 0.121 bits per heavy atom. The van der Waals surface area contributed by atoms with E-state index in [4.69, 9.17) is 0 Å². The van der Waals surface area contributed by atoms with Gasteiger partial charge in [0.05, 0.1) is 0 Å². The minimum absolute atomic E-state index is 0.0603. The third kappa shape index (κ3) is 27.2. The van der Waals surface area contributed by atoms with Gasteiger partial charge in [0, 0.05) is 113 Å². The number of hydrogen-bond donors (Lipinski definition) is 0. The Labute approximate surface area is 836 Å². The Morgan fingerprint density at radius 2 is 0.298 bits per heavy atom. The maximum Gasteiger partial charge on any atom is 0.193 e. The van der Waals surface area contributed by atoms with Crippen LogP contribution in [0, 0.1) is 90.0 Å². The van der Waals surface area contributed by atoms with Gasteiger partial charge in [-0.05, 0) is 381 Å². The predicted molar refractivity (Wildman–Crippen MR) is 604 cm³/mol. The second-order valence-corrected chi connectivity index (χ2v) is 36.1. The molecule has 0 unspecified atom stereocenters. The van der Waals surface area contributed by atoms with E-state index in [0.29, 0.717) is 0 Å². The number of aryl methyl sites for hydroxylation is 13. The molecule has 0 heterocycles. The average molecular weight is 1830 g/mol. The first-order valence-corrected chi connectivity index (χ1v) is 48.4. The molecular formula is C134H124N6O. The third-order valence-electron chi connectivity index (χ3n) is 23.9. The molecule has 0 saturated heterocycles. The summed E-state index contributed by atoms with van der Waals surface area (Å²) >= 11 is 0. The lowest BCUT2D eigenvalue weighted by Gasteiger charge is -2.30. The molecule has 0 aliphatic heterocycles. The van der Waals surface area contributed by atoms with Crippen molar-refractivity contribution in [2.75, 3.05) is 29.4 Å². The molecule has 7 nitrogen and oxygen atoms in total. The van der Waals surface area contributed by atoms with E-state index in [0.717, 1.165) is 56.4 Å². The normalized spacial score (nSPS) is 10.5. The third-order valence-corrected chi connectivity index (χ3v) is 23.9. The zero-order valence-electron chi connectivity index (χ0n) is 83.2. The Bertz CT molecular complexity index is 6880. The van der Waals surface area contributed by atoms with Crippen LogP contribution < -0.4 is 29.4 Å². The van der Waals surface area contributed by atoms with Crippen molar-refractivity contribution < 1.29 is 4.79 Å². The Hall–Kier alpha value is -17.1. The van der Waals surface area contributed by atoms with Gasteiger partial charge in [0.15, 0.2) is 5.78 Å². The van der Waals surface area contributed by atoms with Gasteiger partial charge in [-0.25, -0.2) is 0 Å². The molecule has 7 heteroatoms. The fraction of sp³-hybridized carbons (Fsp3) is 0.0970. The molecule has 20 aromatic carbocycles. The molecule has 0 fully saturated rings. The summed E-state index contributed by atoms with van der Waals surface area (Å²) in [6.07, 6.45) is 0. The number of rotatable bonds is 21. The Balaban J connectivity index is 0.000000129. The summed E-state index contributed by atoms with van der Waals surface area (Å²) in [6, 6.07) is 180. The maximum atomic E-state index is 12.5. The molecule has 141 heavy (non-hydrogen) atoms. The van der Waals surface area contributed by atoms with Gasteiger partial charge in [0.1, 0.15) is 0 Å². The molecule has 20 aromatic rings. The number of para-hydroxylation sites is 9. The average Bonchev–Trinajstić information content (AvgIpc) is 0.747. The number of carbonyl (C=O) groups is 1. The second-order valence-electron chi connectivity index (χ2n) is 36.1. The highest BCUT2D eigenvalue weighted by Crippen LogP contribution is 2.45. The monoisotopic (exact) mass is 1830 g/mol. The van der Waals surface area contributed by atoms with Crippen molar-refractivity contribution in [3.63, 3.8) is 0 Å². The summed E-state index contributed by atoms with van der Waals surface area (Å²) in [7, 11) is 0. The molecule has 0 N–H and O–H groups in total. The number of anilines is 18. The van der Waals surface area contributed by atoms with E-state index in [2.05, 4.69) is 544 Å². The zero-order valence-corrected chi connectivity index (χ0v) is 83.2. The second kappa shape index (κ2) is 48.6. The minimum Gasteiger partial charge on any atom is -0.311 e. The molecule has 0 aliphatic rings. The molecule has 0 aromatic heterocycles. The standard InChI is InChI=1S/C31H26N2.2C23H25N.C20H16O.C19H17N.C18H15N/c1-25-22-30(32(26-14-6-2-7-15-26)27-16-8-3-9-17-27)24-31(23-25)33(28-18-10-4-11-19-28)29-20-12-5-13-21-29;1-16-6-8-21(9-7-16)24(22-12-17(2)10-18(3)13-22)23-14-19(4)11-20(5)15-23;1-16-7-6-8-21(11-16)24(22-12-17(2)9-18(3)13-22)23-14-19(4)10-20(5)15-23;1-15-7-5-10-17(13-15)18-11-6-12-19(14-18)20(21)16-8-3-2-4-9-16;1-16-9-8-14-19(15-16)20(17-10-4-2-5-11-17)18-12-6-3-7-13-18;1-4-10-16(11-5-1)19(17-12-6-2-7-13-17)18-14-8-3-9-15-18/h2-24H,1H3;2*6-15H,1-5H3;2-14H,1H3;2-15H,1H3;1-15H. The minimum atomic E-state index is 0.0603. The van der Waals surface area contributed by atoms with Crippen LogP contribution in [-0.4, -0.2) is 5.78 Å². The predicted octanol–water partition coefficient (Wildman–Crippen LogP) is 37.8. The van der Waals surface area contributed by atoms with Gasteiger partial charge in [0.25, 0.3) is 0 Å². The summed E-state index contributed by atoms with van der Waals surface area (Å²) in [4.78, 5) is 26.3. The zero-order chi connectivity index (χ0) is 98.4. The molecule has 0 amide bonds. The Morgan fingerprint density at radius 3 is 0.567 bits per heavy atom. The number of hydrogen-bond acceptors (Lipinski definition) is 7. The van der Waals surface area contributed by atoms with Crippen molar-refractivity contribution in [3.8, 4) is 11.1 Å². The molecular weight excluding hydrogens is 1710 g/mol. The lowest BCUT2D eigenvalue weighted by atomic mass is 9.97. The summed E-state index contributed by atoms with van der Waals surface area (Å²) in [6.45, 7) is 27.9. The number of benzene rings is 20. The van der Waals surface area contributed by atoms with E-state index >= 15 is 0 Å². The first-order valence-electron chi connectivity index (χ1n) is 48.4. The fourth-order valence-electron chi connectivity index (χ4n) is 17.8. The molecule has 20 rings (SSSR count). The van der Waals surface area contributed by atoms with E-state index in [1.165, 1.54) is 141 Å². The van der Waals surface area contributed by atoms with Crippen LogP contribution in [-0.2, 0) is 0 Å². The van der Waals surface area contributed by atoms with Crippen LogP contribution in [0.4, 0.5) is 102 Å². The van der Waals surface area contributed by atoms with Gasteiger partial charge < -0.3 is 29.4 Å². The van der Waals surface area contributed by atoms with E-state index in [-0.39, 0.29) is 5.78 Å². The maximum absolute atomic E-state index is 12.5.